The van der Waals surface area contributed by atoms with Crippen LogP contribution in [0.3, 0.4) is 0 Å². The number of rotatable bonds is 4. The lowest BCUT2D eigenvalue weighted by Crippen LogP contribution is -2.59. The normalized spacial score (nSPS) is 53.9. The fourth-order valence-corrected chi connectivity index (χ4v) is 9.17. The van der Waals surface area contributed by atoms with E-state index in [0.717, 1.165) is 38.5 Å². The zero-order chi connectivity index (χ0) is 25.1. The van der Waals surface area contributed by atoms with Crippen molar-refractivity contribution in [1.82, 2.24) is 5.48 Å². The molecular weight excluding hydrogens is 450 g/mol. The van der Waals surface area contributed by atoms with Gasteiger partial charge in [-0.25, -0.2) is 0 Å². The van der Waals surface area contributed by atoms with Crippen LogP contribution in [0.25, 0.3) is 0 Å². The number of aliphatic hydroxyl groups is 3. The Morgan fingerprint density at radius 2 is 1.63 bits per heavy atom. The second kappa shape index (κ2) is 9.52. The molecule has 13 atom stereocenters. The monoisotopic (exact) mass is 495 g/mol. The number of carbonyl (C=O) groups is 1. The van der Waals surface area contributed by atoms with Gasteiger partial charge >= 0.3 is 5.97 Å². The topological polar surface area (TPSA) is 117 Å². The minimum absolute atomic E-state index is 0.0107. The third-order valence-electron chi connectivity index (χ3n) is 11.3. The highest BCUT2D eigenvalue weighted by molar-refractivity contribution is 5.73. The molecule has 1 unspecified atom stereocenters. The van der Waals surface area contributed by atoms with Crippen LogP contribution in [0.4, 0.5) is 0 Å². The van der Waals surface area contributed by atoms with E-state index in [1.54, 1.807) is 6.92 Å². The van der Waals surface area contributed by atoms with Crippen molar-refractivity contribution in [2.24, 2.45) is 40.4 Å². The van der Waals surface area contributed by atoms with Crippen LogP contribution in [0, 0.1) is 40.4 Å². The largest absolute Gasteiger partial charge is 0.469 e. The average Bonchev–Trinajstić information content (AvgIpc) is 3.20. The molecule has 0 aromatic carbocycles. The maximum absolute atomic E-state index is 12.5. The Kier molecular flexibility index (Phi) is 7.03. The SMILES string of the molecule is COC(=O)[C@H]1CC[C@H]2[C@@H]3CCC4C[C@@H](NO[C@@H]5O[C@@H](C)[C@H](O)[C@@H](O)[C@H]5O)CC[C@]4(C)[C@H]3CC[C@]12C. The summed E-state index contributed by atoms with van der Waals surface area (Å²) in [5.41, 5.74) is 3.53. The molecule has 0 amide bonds. The first-order valence-corrected chi connectivity index (χ1v) is 13.8. The van der Waals surface area contributed by atoms with Crippen molar-refractivity contribution in [1.29, 1.82) is 0 Å². The Morgan fingerprint density at radius 3 is 2.37 bits per heavy atom. The fourth-order valence-electron chi connectivity index (χ4n) is 9.17. The van der Waals surface area contributed by atoms with Crippen molar-refractivity contribution in [3.63, 3.8) is 0 Å². The first-order chi connectivity index (χ1) is 16.6. The number of carbonyl (C=O) groups excluding carboxylic acids is 1. The predicted molar refractivity (Wildman–Crippen MR) is 128 cm³/mol. The summed E-state index contributed by atoms with van der Waals surface area (Å²) in [5.74, 6) is 2.69. The lowest BCUT2D eigenvalue weighted by Gasteiger charge is -2.61. The molecule has 5 rings (SSSR count). The molecule has 8 nitrogen and oxygen atoms in total. The average molecular weight is 496 g/mol. The number of aliphatic hydroxyl groups excluding tert-OH is 3. The van der Waals surface area contributed by atoms with Crippen molar-refractivity contribution in [2.45, 2.75) is 115 Å². The summed E-state index contributed by atoms with van der Waals surface area (Å²) >= 11 is 0. The van der Waals surface area contributed by atoms with Gasteiger partial charge < -0.3 is 24.8 Å². The molecule has 1 saturated heterocycles. The van der Waals surface area contributed by atoms with E-state index >= 15 is 0 Å². The number of hydroxylamine groups is 1. The van der Waals surface area contributed by atoms with Crippen LogP contribution in [-0.4, -0.2) is 65.1 Å². The van der Waals surface area contributed by atoms with E-state index in [1.165, 1.54) is 26.4 Å². The highest BCUT2D eigenvalue weighted by atomic mass is 16.8. The van der Waals surface area contributed by atoms with Gasteiger partial charge in [0.2, 0.25) is 6.29 Å². The van der Waals surface area contributed by atoms with Gasteiger partial charge in [0, 0.05) is 6.04 Å². The molecule has 1 heterocycles. The number of ether oxygens (including phenoxy) is 2. The number of nitrogens with one attached hydrogen (secondary N) is 1. The maximum Gasteiger partial charge on any atom is 0.309 e. The lowest BCUT2D eigenvalue weighted by atomic mass is 9.44. The van der Waals surface area contributed by atoms with Crippen LogP contribution in [0.1, 0.15) is 78.6 Å². The van der Waals surface area contributed by atoms with E-state index in [9.17, 15) is 20.1 Å². The highest BCUT2D eigenvalue weighted by Gasteiger charge is 2.61. The molecule has 0 spiro atoms. The number of esters is 1. The third kappa shape index (κ3) is 4.16. The van der Waals surface area contributed by atoms with Gasteiger partial charge in [-0.05, 0) is 99.2 Å². The van der Waals surface area contributed by atoms with Gasteiger partial charge in [0.25, 0.3) is 0 Å². The molecule has 5 fully saturated rings. The molecule has 200 valence electrons. The molecule has 0 radical (unpaired) electrons. The Balaban J connectivity index is 1.21. The molecule has 4 N–H and O–H groups in total. The number of hydrogen-bond acceptors (Lipinski definition) is 8. The third-order valence-corrected chi connectivity index (χ3v) is 11.3. The van der Waals surface area contributed by atoms with Crippen LogP contribution in [0.5, 0.6) is 0 Å². The molecule has 1 aliphatic heterocycles. The van der Waals surface area contributed by atoms with Gasteiger partial charge in [-0.15, -0.1) is 0 Å². The number of methoxy groups -OCH3 is 1. The molecule has 5 aliphatic rings. The Bertz CT molecular complexity index is 795. The predicted octanol–water partition coefficient (Wildman–Crippen LogP) is 2.54. The van der Waals surface area contributed by atoms with E-state index in [1.807, 2.05) is 0 Å². The number of fused-ring (bicyclic) bond motifs is 5. The standard InChI is InChI=1S/C27H45NO7/c1-14-21(29)22(30)23(31)25(34-14)35-28-16-9-11-26(2)15(13-16)5-6-17-18-7-8-20(24(32)33-4)27(18,3)12-10-19(17)26/h14-23,25,28-31H,5-13H2,1-4H3/t14-,15?,16-,17-,18-,19-,20+,21-,22+,23+,25-,26-,27-/m0/s1. The molecule has 0 aromatic heterocycles. The molecule has 8 heteroatoms. The molecule has 35 heavy (non-hydrogen) atoms. The highest BCUT2D eigenvalue weighted by Crippen LogP contribution is 2.67. The van der Waals surface area contributed by atoms with Gasteiger partial charge in [-0.3, -0.25) is 9.63 Å². The van der Waals surface area contributed by atoms with Gasteiger partial charge in [0.15, 0.2) is 0 Å². The molecule has 4 saturated carbocycles. The fraction of sp³-hybridized carbons (Fsp3) is 0.963. The van der Waals surface area contributed by atoms with Gasteiger partial charge in [-0.1, -0.05) is 13.8 Å². The van der Waals surface area contributed by atoms with E-state index in [2.05, 4.69) is 19.3 Å². The van der Waals surface area contributed by atoms with Crippen molar-refractivity contribution >= 4 is 5.97 Å². The molecule has 0 aromatic rings. The summed E-state index contributed by atoms with van der Waals surface area (Å²) in [4.78, 5) is 18.2. The van der Waals surface area contributed by atoms with Gasteiger partial charge in [-0.2, -0.15) is 5.48 Å². The molecule has 4 aliphatic carbocycles. The van der Waals surface area contributed by atoms with E-state index in [4.69, 9.17) is 14.3 Å². The van der Waals surface area contributed by atoms with Crippen LogP contribution in [0.2, 0.25) is 0 Å². The minimum atomic E-state index is -1.30. The molecular formula is C27H45NO7. The Labute approximate surface area is 209 Å². The van der Waals surface area contributed by atoms with Gasteiger partial charge in [0.05, 0.1) is 19.1 Å². The summed E-state index contributed by atoms with van der Waals surface area (Å²) < 4.78 is 10.8. The zero-order valence-corrected chi connectivity index (χ0v) is 21.7. The first kappa shape index (κ1) is 25.9. The summed E-state index contributed by atoms with van der Waals surface area (Å²) in [7, 11) is 1.53. The second-order valence-corrected chi connectivity index (χ2v) is 12.7. The Morgan fingerprint density at radius 1 is 0.914 bits per heavy atom. The smallest absolute Gasteiger partial charge is 0.309 e. The first-order valence-electron chi connectivity index (χ1n) is 13.8. The van der Waals surface area contributed by atoms with Crippen molar-refractivity contribution in [3.8, 4) is 0 Å². The molecule has 0 bridgehead atoms. The summed E-state index contributed by atoms with van der Waals surface area (Å²) in [6, 6.07) is 0.170. The lowest BCUT2D eigenvalue weighted by molar-refractivity contribution is -0.313. The minimum Gasteiger partial charge on any atom is -0.469 e. The van der Waals surface area contributed by atoms with Crippen molar-refractivity contribution < 1.29 is 34.4 Å². The van der Waals surface area contributed by atoms with Crippen molar-refractivity contribution in [3.05, 3.63) is 0 Å². The number of hydrogen-bond donors (Lipinski definition) is 4. The van der Waals surface area contributed by atoms with Crippen LogP contribution < -0.4 is 5.48 Å². The van der Waals surface area contributed by atoms with E-state index < -0.39 is 30.7 Å². The maximum atomic E-state index is 12.5. The van der Waals surface area contributed by atoms with E-state index in [0.29, 0.717) is 29.1 Å². The van der Waals surface area contributed by atoms with Crippen LogP contribution >= 0.6 is 0 Å². The van der Waals surface area contributed by atoms with Crippen LogP contribution in [0.15, 0.2) is 0 Å². The second-order valence-electron chi connectivity index (χ2n) is 12.7. The van der Waals surface area contributed by atoms with Gasteiger partial charge in [0.1, 0.15) is 18.3 Å². The summed E-state index contributed by atoms with van der Waals surface area (Å²) in [5, 5.41) is 30.2. The van der Waals surface area contributed by atoms with Crippen LogP contribution in [-0.2, 0) is 19.1 Å². The Hall–Kier alpha value is -0.770. The van der Waals surface area contributed by atoms with E-state index in [-0.39, 0.29) is 23.3 Å². The summed E-state index contributed by atoms with van der Waals surface area (Å²) in [6.45, 7) is 6.52. The quantitative estimate of drug-likeness (QED) is 0.347. The zero-order valence-electron chi connectivity index (χ0n) is 21.7. The summed E-state index contributed by atoms with van der Waals surface area (Å²) in [6.07, 6.45) is 4.70. The van der Waals surface area contributed by atoms with Crippen molar-refractivity contribution in [2.75, 3.05) is 7.11 Å².